The normalized spacial score (nSPS) is 23.4. The van der Waals surface area contributed by atoms with Crippen molar-refractivity contribution in [2.75, 3.05) is 39.4 Å². The number of nitrogens with zero attached hydrogens (tertiary/aromatic N) is 4. The predicted octanol–water partition coefficient (Wildman–Crippen LogP) is 2.28. The highest BCUT2D eigenvalue weighted by Crippen LogP contribution is 2.27. The summed E-state index contributed by atoms with van der Waals surface area (Å²) in [5, 5.41) is 0. The number of fused-ring (bicyclic) bond motifs is 3. The van der Waals surface area contributed by atoms with E-state index in [0.29, 0.717) is 0 Å². The van der Waals surface area contributed by atoms with E-state index < -0.39 is 0 Å². The summed E-state index contributed by atoms with van der Waals surface area (Å²) in [7, 11) is 0. The number of aromatic nitrogens is 2. The zero-order chi connectivity index (χ0) is 16.6. The molecule has 0 atom stereocenters. The Kier molecular flexibility index (Phi) is 4.24. The van der Waals surface area contributed by atoms with E-state index in [0.717, 1.165) is 57.4 Å². The highest BCUT2D eigenvalue weighted by atomic mass is 16.5. The van der Waals surface area contributed by atoms with Crippen molar-refractivity contribution in [1.82, 2.24) is 19.4 Å². The fourth-order valence-electron chi connectivity index (χ4n) is 4.48. The Balaban J connectivity index is 1.37. The molecule has 0 N–H and O–H groups in total. The van der Waals surface area contributed by atoms with E-state index in [1.165, 1.54) is 49.3 Å². The van der Waals surface area contributed by atoms with E-state index in [1.54, 1.807) is 0 Å². The number of benzene rings is 1. The lowest BCUT2D eigenvalue weighted by atomic mass is 9.91. The molecule has 1 aromatic heterocycles. The van der Waals surface area contributed by atoms with Gasteiger partial charge in [0.15, 0.2) is 0 Å². The summed E-state index contributed by atoms with van der Waals surface area (Å²) in [5.41, 5.74) is 3.89. The number of hydrogen-bond donors (Lipinski definition) is 0. The Morgan fingerprint density at radius 3 is 2.72 bits per heavy atom. The summed E-state index contributed by atoms with van der Waals surface area (Å²) >= 11 is 0. The summed E-state index contributed by atoms with van der Waals surface area (Å²) in [4.78, 5) is 10.1. The van der Waals surface area contributed by atoms with Crippen molar-refractivity contribution in [2.45, 2.75) is 44.8 Å². The van der Waals surface area contributed by atoms with E-state index in [9.17, 15) is 0 Å². The van der Waals surface area contributed by atoms with Gasteiger partial charge in [-0.1, -0.05) is 12.5 Å². The van der Waals surface area contributed by atoms with Gasteiger partial charge in [-0.05, 0) is 30.5 Å². The lowest BCUT2D eigenvalue weighted by Gasteiger charge is -2.36. The minimum absolute atomic E-state index is 0.841. The molecule has 1 aromatic carbocycles. The van der Waals surface area contributed by atoms with Gasteiger partial charge in [0.25, 0.3) is 0 Å². The molecule has 0 spiro atoms. The third kappa shape index (κ3) is 3.09. The van der Waals surface area contributed by atoms with Gasteiger partial charge in [0.2, 0.25) is 0 Å². The third-order valence-electron chi connectivity index (χ3n) is 6.23. The molecule has 1 saturated carbocycles. The highest BCUT2D eigenvalue weighted by molar-refractivity contribution is 5.77. The van der Waals surface area contributed by atoms with Gasteiger partial charge in [-0.25, -0.2) is 4.98 Å². The number of morpholine rings is 1. The number of rotatable bonds is 3. The lowest BCUT2D eigenvalue weighted by molar-refractivity contribution is 0.0342. The van der Waals surface area contributed by atoms with Gasteiger partial charge in [0.05, 0.1) is 24.2 Å². The van der Waals surface area contributed by atoms with Crippen LogP contribution in [-0.4, -0.2) is 64.8 Å². The van der Waals surface area contributed by atoms with Gasteiger partial charge in [-0.15, -0.1) is 0 Å². The molecule has 5 rings (SSSR count). The first-order chi connectivity index (χ1) is 12.4. The van der Waals surface area contributed by atoms with Crippen LogP contribution in [-0.2, 0) is 24.2 Å². The van der Waals surface area contributed by atoms with E-state index >= 15 is 0 Å². The topological polar surface area (TPSA) is 33.5 Å². The maximum absolute atomic E-state index is 5.47. The molecule has 0 radical (unpaired) electrons. The molecule has 25 heavy (non-hydrogen) atoms. The monoisotopic (exact) mass is 340 g/mol. The van der Waals surface area contributed by atoms with E-state index in [1.807, 2.05) is 0 Å². The molecule has 5 nitrogen and oxygen atoms in total. The second kappa shape index (κ2) is 6.71. The standard InChI is InChI=1S/C20H28N4O/c1-2-17(3-1)23-7-6-20-21-18-5-4-16(14-19(18)24(20)9-8-23)15-22-10-12-25-13-11-22/h4-5,14,17H,1-3,6-13,15H2. The van der Waals surface area contributed by atoms with Gasteiger partial charge in [-0.3, -0.25) is 9.80 Å². The SMILES string of the molecule is c1cc2nc3n(c2cc1CN1CCOCC1)CCN(C1CCC1)CC3. The van der Waals surface area contributed by atoms with Crippen LogP contribution >= 0.6 is 0 Å². The molecule has 1 aliphatic carbocycles. The summed E-state index contributed by atoms with van der Waals surface area (Å²) in [5.74, 6) is 1.28. The first-order valence-corrected chi connectivity index (χ1v) is 9.89. The Labute approximate surface area is 149 Å². The minimum Gasteiger partial charge on any atom is -0.379 e. The van der Waals surface area contributed by atoms with Gasteiger partial charge < -0.3 is 9.30 Å². The van der Waals surface area contributed by atoms with Crippen LogP contribution in [0, 0.1) is 0 Å². The maximum Gasteiger partial charge on any atom is 0.111 e. The highest BCUT2D eigenvalue weighted by Gasteiger charge is 2.27. The first kappa shape index (κ1) is 15.8. The van der Waals surface area contributed by atoms with Gasteiger partial charge in [0, 0.05) is 51.7 Å². The molecule has 0 bridgehead atoms. The van der Waals surface area contributed by atoms with Crippen LogP contribution in [0.25, 0.3) is 11.0 Å². The van der Waals surface area contributed by atoms with Crippen molar-refractivity contribution in [1.29, 1.82) is 0 Å². The van der Waals surface area contributed by atoms with Crippen LogP contribution < -0.4 is 0 Å². The molecular formula is C20H28N4O. The minimum atomic E-state index is 0.841. The Morgan fingerprint density at radius 2 is 1.92 bits per heavy atom. The van der Waals surface area contributed by atoms with Gasteiger partial charge in [0.1, 0.15) is 5.82 Å². The number of imidazole rings is 1. The molecule has 2 aromatic rings. The van der Waals surface area contributed by atoms with Crippen molar-refractivity contribution in [2.24, 2.45) is 0 Å². The lowest BCUT2D eigenvalue weighted by Crippen LogP contribution is -2.41. The zero-order valence-corrected chi connectivity index (χ0v) is 15.0. The average molecular weight is 340 g/mol. The summed E-state index contributed by atoms with van der Waals surface area (Å²) in [6.45, 7) is 8.27. The zero-order valence-electron chi connectivity index (χ0n) is 15.0. The quantitative estimate of drug-likeness (QED) is 0.858. The molecule has 2 aliphatic heterocycles. The van der Waals surface area contributed by atoms with Crippen LogP contribution in [0.3, 0.4) is 0 Å². The molecule has 134 valence electrons. The summed E-state index contributed by atoms with van der Waals surface area (Å²) in [6.07, 6.45) is 5.29. The second-order valence-electron chi connectivity index (χ2n) is 7.76. The van der Waals surface area contributed by atoms with Crippen molar-refractivity contribution in [3.05, 3.63) is 29.6 Å². The fraction of sp³-hybridized carbons (Fsp3) is 0.650. The van der Waals surface area contributed by atoms with E-state index in [-0.39, 0.29) is 0 Å². The molecular weight excluding hydrogens is 312 g/mol. The van der Waals surface area contributed by atoms with Crippen LogP contribution in [0.5, 0.6) is 0 Å². The van der Waals surface area contributed by atoms with E-state index in [4.69, 9.17) is 9.72 Å². The van der Waals surface area contributed by atoms with Crippen LogP contribution in [0.1, 0.15) is 30.7 Å². The maximum atomic E-state index is 5.47. The molecule has 3 heterocycles. The van der Waals surface area contributed by atoms with Crippen molar-refractivity contribution < 1.29 is 4.74 Å². The largest absolute Gasteiger partial charge is 0.379 e. The number of hydrogen-bond acceptors (Lipinski definition) is 4. The smallest absolute Gasteiger partial charge is 0.111 e. The summed E-state index contributed by atoms with van der Waals surface area (Å²) < 4.78 is 7.95. The second-order valence-corrected chi connectivity index (χ2v) is 7.76. The number of ether oxygens (including phenoxy) is 1. The molecule has 3 aliphatic rings. The van der Waals surface area contributed by atoms with Crippen LogP contribution in [0.2, 0.25) is 0 Å². The Morgan fingerprint density at radius 1 is 1.04 bits per heavy atom. The molecule has 0 unspecified atom stereocenters. The van der Waals surface area contributed by atoms with Crippen LogP contribution in [0.15, 0.2) is 18.2 Å². The first-order valence-electron chi connectivity index (χ1n) is 9.89. The molecule has 5 heteroatoms. The fourth-order valence-corrected chi connectivity index (χ4v) is 4.48. The molecule has 0 amide bonds. The third-order valence-corrected chi connectivity index (χ3v) is 6.23. The average Bonchev–Trinajstić information content (AvgIpc) is 2.81. The predicted molar refractivity (Wildman–Crippen MR) is 98.7 cm³/mol. The van der Waals surface area contributed by atoms with Crippen molar-refractivity contribution in [3.8, 4) is 0 Å². The van der Waals surface area contributed by atoms with Gasteiger partial charge in [-0.2, -0.15) is 0 Å². The summed E-state index contributed by atoms with van der Waals surface area (Å²) in [6, 6.07) is 7.69. The van der Waals surface area contributed by atoms with Crippen LogP contribution in [0.4, 0.5) is 0 Å². The van der Waals surface area contributed by atoms with Crippen molar-refractivity contribution >= 4 is 11.0 Å². The molecule has 1 saturated heterocycles. The van der Waals surface area contributed by atoms with Gasteiger partial charge >= 0.3 is 0 Å². The van der Waals surface area contributed by atoms with Crippen molar-refractivity contribution in [3.63, 3.8) is 0 Å². The van der Waals surface area contributed by atoms with E-state index in [2.05, 4.69) is 32.6 Å². The Hall–Kier alpha value is -1.43. The molecule has 2 fully saturated rings. The Bertz CT molecular complexity index is 745.